The molecule has 0 rings (SSSR count). The maximum Gasteiger partial charge on any atom is 0.472 e. The number of hydrogen-bond acceptors (Lipinski definition) is 6. The first-order valence-electron chi connectivity index (χ1n) is 15.7. The molecule has 43 heavy (non-hydrogen) atoms. The largest absolute Gasteiger partial charge is 0.472 e. The average molecular weight is 621 g/mol. The average Bonchev–Trinajstić information content (AvgIpc) is 2.99. The first-order chi connectivity index (χ1) is 20.9. The molecule has 0 radical (unpaired) electrons. The lowest BCUT2D eigenvalue weighted by molar-refractivity contribution is -0.122. The molecule has 0 aromatic carbocycles. The Morgan fingerprint density at radius 2 is 1.33 bits per heavy atom. The van der Waals surface area contributed by atoms with Gasteiger partial charge in [0.1, 0.15) is 0 Å². The second-order valence-corrected chi connectivity index (χ2v) is 11.4. The molecule has 3 unspecified atom stereocenters. The molecule has 0 heterocycles. The number of rotatable bonds is 27. The van der Waals surface area contributed by atoms with Crippen LogP contribution in [0.2, 0.25) is 0 Å². The number of unbranched alkanes of at least 4 members (excludes halogenated alkanes) is 3. The molecule has 0 saturated heterocycles. The number of hydrogen-bond donors (Lipinski definition) is 4. The zero-order valence-electron chi connectivity index (χ0n) is 26.4. The molecule has 0 fully saturated rings. The highest BCUT2D eigenvalue weighted by atomic mass is 31.2. The van der Waals surface area contributed by atoms with Crippen molar-refractivity contribution in [2.24, 2.45) is 5.73 Å². The minimum absolute atomic E-state index is 0.0596. The summed E-state index contributed by atoms with van der Waals surface area (Å²) >= 11 is 0. The summed E-state index contributed by atoms with van der Waals surface area (Å²) in [5.41, 5.74) is 5.31. The molecule has 8 nitrogen and oxygen atoms in total. The van der Waals surface area contributed by atoms with Gasteiger partial charge in [0, 0.05) is 13.0 Å². The molecular weight excluding hydrogens is 563 g/mol. The number of nitrogens with one attached hydrogen (secondary N) is 1. The van der Waals surface area contributed by atoms with Crippen molar-refractivity contribution < 1.29 is 28.4 Å². The van der Waals surface area contributed by atoms with Crippen LogP contribution in [0.1, 0.15) is 90.9 Å². The SMILES string of the molecule is CC/C=C\C/C=C\C/C=C\C/C=C\C/C=C\CCCC(=O)NC(COP(=O)(O)OCCN)C(O)/C=C/CC/C=C/CCC. The maximum absolute atomic E-state index is 12.6. The van der Waals surface area contributed by atoms with Gasteiger partial charge in [-0.25, -0.2) is 4.57 Å². The van der Waals surface area contributed by atoms with Gasteiger partial charge in [-0.1, -0.05) is 105 Å². The van der Waals surface area contributed by atoms with E-state index in [9.17, 15) is 19.4 Å². The molecule has 0 aliphatic carbocycles. The van der Waals surface area contributed by atoms with E-state index in [-0.39, 0.29) is 32.1 Å². The summed E-state index contributed by atoms with van der Waals surface area (Å²) in [7, 11) is -4.35. The number of phosphoric ester groups is 1. The Morgan fingerprint density at radius 1 is 0.791 bits per heavy atom. The van der Waals surface area contributed by atoms with Crippen LogP contribution in [0.5, 0.6) is 0 Å². The Hall–Kier alpha value is -2.32. The highest BCUT2D eigenvalue weighted by Gasteiger charge is 2.26. The fourth-order valence-electron chi connectivity index (χ4n) is 3.60. The number of phosphoric acid groups is 1. The molecule has 9 heteroatoms. The molecule has 0 aliphatic rings. The van der Waals surface area contributed by atoms with E-state index in [1.807, 2.05) is 6.08 Å². The van der Waals surface area contributed by atoms with Gasteiger partial charge in [-0.3, -0.25) is 13.8 Å². The molecule has 244 valence electrons. The highest BCUT2D eigenvalue weighted by molar-refractivity contribution is 7.47. The summed E-state index contributed by atoms with van der Waals surface area (Å²) in [4.78, 5) is 22.4. The van der Waals surface area contributed by atoms with E-state index >= 15 is 0 Å². The molecule has 0 bridgehead atoms. The van der Waals surface area contributed by atoms with E-state index in [2.05, 4.69) is 92.1 Å². The first-order valence-corrected chi connectivity index (χ1v) is 17.2. The zero-order valence-corrected chi connectivity index (χ0v) is 27.3. The van der Waals surface area contributed by atoms with Gasteiger partial charge in [0.25, 0.3) is 0 Å². The maximum atomic E-state index is 12.6. The number of aliphatic hydroxyl groups is 1. The summed E-state index contributed by atoms with van der Waals surface area (Å²) < 4.78 is 21.8. The van der Waals surface area contributed by atoms with Crippen LogP contribution in [0.4, 0.5) is 0 Å². The van der Waals surface area contributed by atoms with Crippen molar-refractivity contribution >= 4 is 13.7 Å². The molecule has 0 spiro atoms. The van der Waals surface area contributed by atoms with Crippen LogP contribution in [0.25, 0.3) is 0 Å². The normalized spacial score (nSPS) is 15.7. The van der Waals surface area contributed by atoms with Gasteiger partial charge in [-0.15, -0.1) is 0 Å². The summed E-state index contributed by atoms with van der Waals surface area (Å²) in [6.45, 7) is 3.78. The molecule has 0 aromatic heterocycles. The van der Waals surface area contributed by atoms with Gasteiger partial charge in [0.15, 0.2) is 0 Å². The van der Waals surface area contributed by atoms with Crippen molar-refractivity contribution in [3.05, 3.63) is 85.1 Å². The Morgan fingerprint density at radius 3 is 1.91 bits per heavy atom. The van der Waals surface area contributed by atoms with Crippen LogP contribution >= 0.6 is 7.82 Å². The fraction of sp³-hybridized carbons (Fsp3) is 0.559. The van der Waals surface area contributed by atoms with E-state index in [0.717, 1.165) is 64.2 Å². The number of carbonyl (C=O) groups excluding carboxylic acids is 1. The van der Waals surface area contributed by atoms with Gasteiger partial charge >= 0.3 is 7.82 Å². The van der Waals surface area contributed by atoms with Crippen LogP contribution in [0.3, 0.4) is 0 Å². The second-order valence-electron chi connectivity index (χ2n) is 9.92. The first kappa shape index (κ1) is 40.7. The van der Waals surface area contributed by atoms with Crippen molar-refractivity contribution in [1.29, 1.82) is 0 Å². The predicted molar refractivity (Wildman–Crippen MR) is 179 cm³/mol. The molecule has 0 aliphatic heterocycles. The van der Waals surface area contributed by atoms with Crippen molar-refractivity contribution in [1.82, 2.24) is 5.32 Å². The third-order valence-electron chi connectivity index (χ3n) is 5.94. The van der Waals surface area contributed by atoms with E-state index in [1.165, 1.54) is 0 Å². The topological polar surface area (TPSA) is 131 Å². The van der Waals surface area contributed by atoms with Crippen LogP contribution in [-0.4, -0.2) is 47.8 Å². The number of aliphatic hydroxyl groups excluding tert-OH is 1. The molecule has 1 amide bonds. The van der Waals surface area contributed by atoms with Crippen LogP contribution in [0.15, 0.2) is 85.1 Å². The van der Waals surface area contributed by atoms with E-state index in [0.29, 0.717) is 6.42 Å². The monoisotopic (exact) mass is 620 g/mol. The van der Waals surface area contributed by atoms with Crippen LogP contribution in [0, 0.1) is 0 Å². The summed E-state index contributed by atoms with van der Waals surface area (Å²) in [5, 5.41) is 13.4. The lowest BCUT2D eigenvalue weighted by atomic mass is 10.1. The molecule has 5 N–H and O–H groups in total. The summed E-state index contributed by atoms with van der Waals surface area (Å²) in [6.07, 6.45) is 38.1. The van der Waals surface area contributed by atoms with Crippen molar-refractivity contribution in [2.45, 2.75) is 103 Å². The van der Waals surface area contributed by atoms with Crippen LogP contribution < -0.4 is 11.1 Å². The lowest BCUT2D eigenvalue weighted by Gasteiger charge is -2.23. The van der Waals surface area contributed by atoms with E-state index in [4.69, 9.17) is 14.8 Å². The van der Waals surface area contributed by atoms with Gasteiger partial charge in [-0.05, 0) is 64.2 Å². The Bertz CT molecular complexity index is 939. The van der Waals surface area contributed by atoms with E-state index < -0.39 is 20.0 Å². The smallest absolute Gasteiger partial charge is 0.387 e. The number of nitrogens with two attached hydrogens (primary N) is 1. The quantitative estimate of drug-likeness (QED) is 0.0424. The van der Waals surface area contributed by atoms with Gasteiger partial charge in [-0.2, -0.15) is 0 Å². The Kier molecular flexibility index (Phi) is 28.1. The number of carbonyl (C=O) groups is 1. The van der Waals surface area contributed by atoms with E-state index in [1.54, 1.807) is 6.08 Å². The minimum atomic E-state index is -4.35. The van der Waals surface area contributed by atoms with Gasteiger partial charge < -0.3 is 21.1 Å². The van der Waals surface area contributed by atoms with Gasteiger partial charge in [0.05, 0.1) is 25.4 Å². The standard InChI is InChI=1S/C34H57N2O6P/c1-3-5-7-9-11-12-13-14-15-16-17-18-19-20-22-24-26-28-34(38)36-32(31-42-43(39,40)41-30-29-35)33(37)27-25-23-21-10-8-6-4-2/h5,7-8,10-12,14-15,17-18,20,22,25,27,32-33,37H,3-4,6,9,13,16,19,21,23-24,26,28-31,35H2,1-2H3,(H,36,38)(H,39,40)/b7-5-,10-8+,12-11-,15-14-,18-17-,22-20-,27-25+. The Balaban J connectivity index is 4.50. The van der Waals surface area contributed by atoms with Gasteiger partial charge in [0.2, 0.25) is 5.91 Å². The third kappa shape index (κ3) is 28.2. The Labute approximate surface area is 260 Å². The van der Waals surface area contributed by atoms with Crippen molar-refractivity contribution in [3.63, 3.8) is 0 Å². The molecular formula is C34H57N2O6P. The third-order valence-corrected chi connectivity index (χ3v) is 6.92. The predicted octanol–water partition coefficient (Wildman–Crippen LogP) is 7.54. The molecule has 3 atom stereocenters. The number of allylic oxidation sites excluding steroid dienone is 13. The zero-order chi connectivity index (χ0) is 31.9. The summed E-state index contributed by atoms with van der Waals surface area (Å²) in [6, 6.07) is -0.907. The second kappa shape index (κ2) is 29.7. The molecule has 0 aromatic rings. The molecule has 0 saturated carbocycles. The van der Waals surface area contributed by atoms with Crippen LogP contribution in [-0.2, 0) is 18.4 Å². The fourth-order valence-corrected chi connectivity index (χ4v) is 4.36. The van der Waals surface area contributed by atoms with Crippen molar-refractivity contribution in [2.75, 3.05) is 19.8 Å². The number of amides is 1. The summed E-state index contributed by atoms with van der Waals surface area (Å²) in [5.74, 6) is -0.272. The lowest BCUT2D eigenvalue weighted by Crippen LogP contribution is -2.45. The highest BCUT2D eigenvalue weighted by Crippen LogP contribution is 2.43. The minimum Gasteiger partial charge on any atom is -0.387 e. The van der Waals surface area contributed by atoms with Crippen molar-refractivity contribution in [3.8, 4) is 0 Å².